The Bertz CT molecular complexity index is 1080. The summed E-state index contributed by atoms with van der Waals surface area (Å²) in [6, 6.07) is 14.7. The van der Waals surface area contributed by atoms with Gasteiger partial charge in [-0.05, 0) is 73.3 Å². The first-order valence-electron chi connectivity index (χ1n) is 10.6. The topological polar surface area (TPSA) is 45.2 Å². The molecule has 1 aliphatic rings. The largest absolute Gasteiger partial charge is 0.343 e. The summed E-state index contributed by atoms with van der Waals surface area (Å²) in [6.45, 7) is 1.96. The molecule has 1 amide bonds. The van der Waals surface area contributed by atoms with Crippen LogP contribution in [0.1, 0.15) is 40.5 Å². The van der Waals surface area contributed by atoms with E-state index in [4.69, 9.17) is 0 Å². The molecule has 32 heavy (non-hydrogen) atoms. The number of piperidine rings is 1. The Kier molecular flexibility index (Phi) is 6.85. The van der Waals surface area contributed by atoms with Gasteiger partial charge in [0, 0.05) is 24.8 Å². The van der Waals surface area contributed by atoms with E-state index in [0.717, 1.165) is 31.1 Å². The van der Waals surface area contributed by atoms with Crippen molar-refractivity contribution in [1.29, 1.82) is 0 Å². The zero-order chi connectivity index (χ0) is 22.5. The Hall–Kier alpha value is -3.19. The Morgan fingerprint density at radius 3 is 2.69 bits per heavy atom. The van der Waals surface area contributed by atoms with Gasteiger partial charge in [-0.3, -0.25) is 14.7 Å². The average Bonchev–Trinajstić information content (AvgIpc) is 2.80. The van der Waals surface area contributed by atoms with Crippen LogP contribution in [0.5, 0.6) is 0 Å². The van der Waals surface area contributed by atoms with Crippen LogP contribution in [0.3, 0.4) is 0 Å². The summed E-state index contributed by atoms with van der Waals surface area (Å²) in [4.78, 5) is 19.5. The van der Waals surface area contributed by atoms with Crippen LogP contribution in [0, 0.1) is 23.4 Å². The molecule has 0 unspecified atom stereocenters. The molecule has 166 valence electrons. The minimum atomic E-state index is -0.861. The predicted molar refractivity (Wildman–Crippen MR) is 115 cm³/mol. The van der Waals surface area contributed by atoms with Crippen LogP contribution in [0.25, 0.3) is 0 Å². The molecule has 0 spiro atoms. The zero-order valence-electron chi connectivity index (χ0n) is 17.5. The summed E-state index contributed by atoms with van der Waals surface area (Å²) >= 11 is 0. The number of hydrogen-bond donors (Lipinski definition) is 1. The van der Waals surface area contributed by atoms with Crippen molar-refractivity contribution >= 4 is 5.91 Å². The highest BCUT2D eigenvalue weighted by atomic mass is 19.2. The van der Waals surface area contributed by atoms with Crippen LogP contribution in [-0.4, -0.2) is 28.9 Å². The van der Waals surface area contributed by atoms with Crippen molar-refractivity contribution in [2.24, 2.45) is 5.92 Å². The molecule has 1 N–H and O–H groups in total. The van der Waals surface area contributed by atoms with E-state index < -0.39 is 17.5 Å². The van der Waals surface area contributed by atoms with Gasteiger partial charge in [0.2, 0.25) is 0 Å². The molecule has 1 fully saturated rings. The van der Waals surface area contributed by atoms with Crippen molar-refractivity contribution in [3.63, 3.8) is 0 Å². The Morgan fingerprint density at radius 2 is 1.94 bits per heavy atom. The highest BCUT2D eigenvalue weighted by molar-refractivity contribution is 5.94. The molecule has 4 nitrogen and oxygen atoms in total. The van der Waals surface area contributed by atoms with Gasteiger partial charge in [0.1, 0.15) is 5.82 Å². The number of hydrogen-bond acceptors (Lipinski definition) is 3. The van der Waals surface area contributed by atoms with E-state index in [0.29, 0.717) is 18.7 Å². The maximum Gasteiger partial charge on any atom is 0.251 e. The van der Waals surface area contributed by atoms with Gasteiger partial charge in [0.25, 0.3) is 5.91 Å². The standard InChI is InChI=1S/C25H24F3N3O/c26-20-7-3-5-18(14-20)25(32)30-24(23-8-1-2-11-29-23)19-6-4-12-31(16-19)15-17-9-10-21(27)22(28)13-17/h1-3,5,7-11,13-14,19,24H,4,6,12,15-16H2,(H,30,32)/t19-,24-/m0/s1. The van der Waals surface area contributed by atoms with E-state index in [1.54, 1.807) is 18.3 Å². The molecule has 7 heteroatoms. The molecule has 1 aliphatic heterocycles. The van der Waals surface area contributed by atoms with E-state index >= 15 is 0 Å². The first kappa shape index (κ1) is 22.0. The molecular formula is C25H24F3N3O. The third-order valence-electron chi connectivity index (χ3n) is 5.78. The first-order valence-corrected chi connectivity index (χ1v) is 10.6. The molecule has 1 saturated heterocycles. The minimum absolute atomic E-state index is 0.0569. The maximum atomic E-state index is 13.6. The minimum Gasteiger partial charge on any atom is -0.343 e. The second kappa shape index (κ2) is 9.96. The molecule has 3 aromatic rings. The molecule has 1 aromatic heterocycles. The Morgan fingerprint density at radius 1 is 1.06 bits per heavy atom. The zero-order valence-corrected chi connectivity index (χ0v) is 17.5. The smallest absolute Gasteiger partial charge is 0.251 e. The van der Waals surface area contributed by atoms with Crippen LogP contribution >= 0.6 is 0 Å². The van der Waals surface area contributed by atoms with Gasteiger partial charge >= 0.3 is 0 Å². The van der Waals surface area contributed by atoms with Gasteiger partial charge in [-0.25, -0.2) is 13.2 Å². The van der Waals surface area contributed by atoms with E-state index in [9.17, 15) is 18.0 Å². The number of carbonyl (C=O) groups excluding carboxylic acids is 1. The van der Waals surface area contributed by atoms with Gasteiger partial charge in [-0.15, -0.1) is 0 Å². The van der Waals surface area contributed by atoms with Crippen molar-refractivity contribution in [2.75, 3.05) is 13.1 Å². The van der Waals surface area contributed by atoms with Crippen LogP contribution in [0.15, 0.2) is 66.9 Å². The van der Waals surface area contributed by atoms with Crippen molar-refractivity contribution in [3.05, 3.63) is 101 Å². The summed E-state index contributed by atoms with van der Waals surface area (Å²) in [6.07, 6.45) is 3.45. The molecule has 0 saturated carbocycles. The Labute approximate surface area is 185 Å². The van der Waals surface area contributed by atoms with Crippen LogP contribution in [-0.2, 0) is 6.54 Å². The van der Waals surface area contributed by atoms with E-state index in [1.807, 2.05) is 18.2 Å². The molecule has 0 aliphatic carbocycles. The SMILES string of the molecule is O=C(N[C@H](c1ccccn1)[C@H]1CCCN(Cc2ccc(F)c(F)c2)C1)c1cccc(F)c1. The third kappa shape index (κ3) is 5.34. The van der Waals surface area contributed by atoms with Crippen LogP contribution in [0.2, 0.25) is 0 Å². The van der Waals surface area contributed by atoms with E-state index in [2.05, 4.69) is 15.2 Å². The quantitative estimate of drug-likeness (QED) is 0.595. The van der Waals surface area contributed by atoms with Crippen molar-refractivity contribution < 1.29 is 18.0 Å². The highest BCUT2D eigenvalue weighted by Crippen LogP contribution is 2.30. The number of nitrogens with zero attached hydrogens (tertiary/aromatic N) is 2. The van der Waals surface area contributed by atoms with Crippen LogP contribution in [0.4, 0.5) is 13.2 Å². The van der Waals surface area contributed by atoms with Crippen molar-refractivity contribution in [2.45, 2.75) is 25.4 Å². The van der Waals surface area contributed by atoms with Crippen molar-refractivity contribution in [1.82, 2.24) is 15.2 Å². The fraction of sp³-hybridized carbons (Fsp3) is 0.280. The molecule has 2 heterocycles. The fourth-order valence-corrected chi connectivity index (χ4v) is 4.25. The Balaban J connectivity index is 1.52. The monoisotopic (exact) mass is 439 g/mol. The summed E-state index contributed by atoms with van der Waals surface area (Å²) in [5, 5.41) is 3.04. The van der Waals surface area contributed by atoms with Gasteiger partial charge in [-0.2, -0.15) is 0 Å². The third-order valence-corrected chi connectivity index (χ3v) is 5.78. The number of carbonyl (C=O) groups is 1. The molecule has 2 aromatic carbocycles. The lowest BCUT2D eigenvalue weighted by Gasteiger charge is -2.37. The molecule has 0 radical (unpaired) electrons. The number of rotatable bonds is 6. The highest BCUT2D eigenvalue weighted by Gasteiger charge is 2.31. The number of nitrogens with one attached hydrogen (secondary N) is 1. The van der Waals surface area contributed by atoms with Crippen LogP contribution < -0.4 is 5.32 Å². The fourth-order valence-electron chi connectivity index (χ4n) is 4.25. The molecule has 0 bridgehead atoms. The number of halogens is 3. The number of aromatic nitrogens is 1. The lowest BCUT2D eigenvalue weighted by atomic mass is 9.88. The van der Waals surface area contributed by atoms with Gasteiger partial charge in [0.15, 0.2) is 11.6 Å². The number of pyridine rings is 1. The number of likely N-dealkylation sites (tertiary alicyclic amines) is 1. The second-order valence-electron chi connectivity index (χ2n) is 8.10. The second-order valence-corrected chi connectivity index (χ2v) is 8.10. The summed E-state index contributed by atoms with van der Waals surface area (Å²) in [7, 11) is 0. The van der Waals surface area contributed by atoms with Gasteiger partial charge in [0.05, 0.1) is 11.7 Å². The summed E-state index contributed by atoms with van der Waals surface area (Å²) < 4.78 is 40.5. The number of amides is 1. The van der Waals surface area contributed by atoms with Crippen molar-refractivity contribution in [3.8, 4) is 0 Å². The van der Waals surface area contributed by atoms with Gasteiger partial charge in [-0.1, -0.05) is 18.2 Å². The molecule has 2 atom stereocenters. The van der Waals surface area contributed by atoms with E-state index in [-0.39, 0.29) is 23.4 Å². The first-order chi connectivity index (χ1) is 15.5. The van der Waals surface area contributed by atoms with Gasteiger partial charge < -0.3 is 5.32 Å². The maximum absolute atomic E-state index is 13.6. The predicted octanol–water partition coefficient (Wildman–Crippen LogP) is 4.88. The summed E-state index contributed by atoms with van der Waals surface area (Å²) in [5.41, 5.74) is 1.68. The van der Waals surface area contributed by atoms with E-state index in [1.165, 1.54) is 24.3 Å². The molecule has 4 rings (SSSR count). The lowest BCUT2D eigenvalue weighted by Crippen LogP contribution is -2.43. The normalized spacial score (nSPS) is 17.7. The average molecular weight is 439 g/mol. The lowest BCUT2D eigenvalue weighted by molar-refractivity contribution is 0.0874. The summed E-state index contributed by atoms with van der Waals surface area (Å²) in [5.74, 6) is -2.49. The number of benzene rings is 2. The molecular weight excluding hydrogens is 415 g/mol.